The van der Waals surface area contributed by atoms with Crippen LogP contribution in [0, 0.1) is 0 Å². The van der Waals surface area contributed by atoms with Crippen LogP contribution in [0.1, 0.15) is 12.5 Å². The number of benzene rings is 1. The second kappa shape index (κ2) is 7.42. The maximum Gasteiger partial charge on any atom is 0.248 e. The maximum absolute atomic E-state index is 12.3. The highest BCUT2D eigenvalue weighted by Gasteiger charge is 2.22. The summed E-state index contributed by atoms with van der Waals surface area (Å²) in [6.07, 6.45) is 1.57. The van der Waals surface area contributed by atoms with Crippen molar-refractivity contribution in [1.29, 1.82) is 0 Å². The second-order valence-electron chi connectivity index (χ2n) is 5.17. The maximum atomic E-state index is 12.3. The zero-order valence-corrected chi connectivity index (χ0v) is 13.2. The van der Waals surface area contributed by atoms with E-state index in [9.17, 15) is 9.59 Å². The summed E-state index contributed by atoms with van der Waals surface area (Å²) in [6, 6.07) is 7.39. The Balaban J connectivity index is 2.00. The Morgan fingerprint density at radius 2 is 1.77 bits per heavy atom. The molecule has 6 heteroatoms. The van der Waals surface area contributed by atoms with Gasteiger partial charge in [0.15, 0.2) is 0 Å². The molecule has 5 nitrogen and oxygen atoms in total. The van der Waals surface area contributed by atoms with Crippen molar-refractivity contribution in [3.8, 4) is 0 Å². The number of piperazine rings is 1. The third-order valence-electron chi connectivity index (χ3n) is 3.72. The number of carbonyl (C=O) groups is 2. The average Bonchev–Trinajstić information content (AvgIpc) is 2.54. The van der Waals surface area contributed by atoms with Crippen LogP contribution in [-0.4, -0.2) is 59.5 Å². The summed E-state index contributed by atoms with van der Waals surface area (Å²) in [7, 11) is 0. The van der Waals surface area contributed by atoms with Gasteiger partial charge in [-0.05, 0) is 24.1 Å². The Hall–Kier alpha value is -1.85. The van der Waals surface area contributed by atoms with Gasteiger partial charge >= 0.3 is 0 Å². The highest BCUT2D eigenvalue weighted by molar-refractivity contribution is 6.32. The van der Waals surface area contributed by atoms with E-state index in [1.807, 2.05) is 25.1 Å². The number of rotatable bonds is 3. The lowest BCUT2D eigenvalue weighted by Crippen LogP contribution is -2.50. The molecule has 0 radical (unpaired) electrons. The Morgan fingerprint density at radius 1 is 1.18 bits per heavy atom. The quantitative estimate of drug-likeness (QED) is 0.856. The van der Waals surface area contributed by atoms with Gasteiger partial charge in [0.2, 0.25) is 11.8 Å². The minimum atomic E-state index is -0.487. The van der Waals surface area contributed by atoms with Gasteiger partial charge in [-0.3, -0.25) is 9.59 Å². The summed E-state index contributed by atoms with van der Waals surface area (Å²) in [5, 5.41) is 9.45. The minimum absolute atomic E-state index is 0.0893. The van der Waals surface area contributed by atoms with Crippen LogP contribution in [-0.2, 0) is 9.59 Å². The van der Waals surface area contributed by atoms with E-state index in [0.717, 1.165) is 11.1 Å². The number of hydrogen-bond acceptors (Lipinski definition) is 3. The van der Waals surface area contributed by atoms with E-state index < -0.39 is 6.61 Å². The Kier molecular flexibility index (Phi) is 5.57. The second-order valence-corrected chi connectivity index (χ2v) is 5.58. The van der Waals surface area contributed by atoms with Gasteiger partial charge in [-0.25, -0.2) is 0 Å². The van der Waals surface area contributed by atoms with Gasteiger partial charge < -0.3 is 14.9 Å². The molecule has 0 unspecified atom stereocenters. The van der Waals surface area contributed by atoms with E-state index in [1.165, 1.54) is 0 Å². The molecule has 1 aromatic rings. The van der Waals surface area contributed by atoms with E-state index in [4.69, 9.17) is 16.7 Å². The molecule has 1 aliphatic heterocycles. The topological polar surface area (TPSA) is 60.9 Å². The summed E-state index contributed by atoms with van der Waals surface area (Å²) in [5.74, 6) is -0.386. The van der Waals surface area contributed by atoms with E-state index in [0.29, 0.717) is 31.2 Å². The van der Waals surface area contributed by atoms with E-state index in [2.05, 4.69) is 0 Å². The molecule has 2 rings (SSSR count). The van der Waals surface area contributed by atoms with Crippen molar-refractivity contribution in [3.63, 3.8) is 0 Å². The van der Waals surface area contributed by atoms with Crippen LogP contribution < -0.4 is 0 Å². The summed E-state index contributed by atoms with van der Waals surface area (Å²) < 4.78 is 0. The summed E-state index contributed by atoms with van der Waals surface area (Å²) in [5.41, 5.74) is 1.65. The number of carbonyl (C=O) groups excluding carboxylic acids is 2. The van der Waals surface area contributed by atoms with Crippen LogP contribution in [0.25, 0.3) is 5.57 Å². The van der Waals surface area contributed by atoms with Gasteiger partial charge in [0.05, 0.1) is 0 Å². The molecule has 1 aromatic carbocycles. The molecule has 0 aliphatic carbocycles. The van der Waals surface area contributed by atoms with Crippen molar-refractivity contribution in [3.05, 3.63) is 40.9 Å². The fourth-order valence-electron chi connectivity index (χ4n) is 2.41. The van der Waals surface area contributed by atoms with Gasteiger partial charge in [0.25, 0.3) is 0 Å². The Morgan fingerprint density at radius 3 is 2.36 bits per heavy atom. The van der Waals surface area contributed by atoms with E-state index in [1.54, 1.807) is 21.9 Å². The molecule has 0 atom stereocenters. The molecule has 0 aromatic heterocycles. The number of aliphatic hydroxyl groups is 1. The summed E-state index contributed by atoms with van der Waals surface area (Å²) in [4.78, 5) is 26.9. The lowest BCUT2D eigenvalue weighted by Gasteiger charge is -2.34. The number of hydrogen-bond donors (Lipinski definition) is 1. The van der Waals surface area contributed by atoms with Crippen molar-refractivity contribution >= 4 is 29.0 Å². The van der Waals surface area contributed by atoms with Gasteiger partial charge in [-0.1, -0.05) is 29.8 Å². The van der Waals surface area contributed by atoms with Gasteiger partial charge in [-0.2, -0.15) is 0 Å². The summed E-state index contributed by atoms with van der Waals surface area (Å²) in [6.45, 7) is 3.20. The smallest absolute Gasteiger partial charge is 0.248 e. The first kappa shape index (κ1) is 16.5. The molecule has 0 spiro atoms. The molecule has 2 amide bonds. The molecule has 1 N–H and O–H groups in total. The molecule has 118 valence electrons. The number of allylic oxidation sites excluding steroid dienone is 1. The molecular weight excluding hydrogens is 304 g/mol. The third kappa shape index (κ3) is 3.87. The van der Waals surface area contributed by atoms with Crippen molar-refractivity contribution in [1.82, 2.24) is 9.80 Å². The molecule has 1 aliphatic rings. The Bertz CT molecular complexity index is 593. The number of nitrogens with zero attached hydrogens (tertiary/aromatic N) is 2. The molecule has 0 saturated carbocycles. The van der Waals surface area contributed by atoms with Crippen LogP contribution in [0.5, 0.6) is 0 Å². The first-order chi connectivity index (χ1) is 10.5. The molecule has 0 bridgehead atoms. The lowest BCUT2D eigenvalue weighted by atomic mass is 10.1. The molecule has 22 heavy (non-hydrogen) atoms. The average molecular weight is 323 g/mol. The largest absolute Gasteiger partial charge is 0.387 e. The predicted octanol–water partition coefficient (Wildman–Crippen LogP) is 1.41. The molecule has 1 fully saturated rings. The van der Waals surface area contributed by atoms with Gasteiger partial charge in [0.1, 0.15) is 6.61 Å². The SMILES string of the molecule is C/C(=C/C(=O)N1CCN(C(=O)CO)CC1)c1ccccc1Cl. The van der Waals surface area contributed by atoms with Gasteiger partial charge in [-0.15, -0.1) is 0 Å². The normalized spacial score (nSPS) is 15.9. The standard InChI is InChI=1S/C16H19ClN2O3/c1-12(13-4-2-3-5-14(13)17)10-15(21)18-6-8-19(9-7-18)16(22)11-20/h2-5,10,20H,6-9,11H2,1H3/b12-10-. The van der Waals surface area contributed by atoms with Gasteiger partial charge in [0, 0.05) is 37.3 Å². The predicted molar refractivity (Wildman–Crippen MR) is 85.3 cm³/mol. The van der Waals surface area contributed by atoms with Crippen molar-refractivity contribution in [2.24, 2.45) is 0 Å². The monoisotopic (exact) mass is 322 g/mol. The fourth-order valence-corrected chi connectivity index (χ4v) is 2.70. The van der Waals surface area contributed by atoms with E-state index >= 15 is 0 Å². The van der Waals surface area contributed by atoms with Crippen LogP contribution in [0.4, 0.5) is 0 Å². The lowest BCUT2D eigenvalue weighted by molar-refractivity contribution is -0.139. The van der Waals surface area contributed by atoms with Crippen molar-refractivity contribution in [2.45, 2.75) is 6.92 Å². The van der Waals surface area contributed by atoms with Crippen molar-refractivity contribution in [2.75, 3.05) is 32.8 Å². The highest BCUT2D eigenvalue weighted by Crippen LogP contribution is 2.23. The van der Waals surface area contributed by atoms with Crippen LogP contribution in [0.15, 0.2) is 30.3 Å². The van der Waals surface area contributed by atoms with Crippen molar-refractivity contribution < 1.29 is 14.7 Å². The minimum Gasteiger partial charge on any atom is -0.387 e. The number of aliphatic hydroxyl groups excluding tert-OH is 1. The summed E-state index contributed by atoms with van der Waals surface area (Å²) >= 11 is 6.12. The first-order valence-electron chi connectivity index (χ1n) is 7.13. The molecule has 1 saturated heterocycles. The fraction of sp³-hybridized carbons (Fsp3) is 0.375. The zero-order chi connectivity index (χ0) is 16.1. The highest BCUT2D eigenvalue weighted by atomic mass is 35.5. The van der Waals surface area contributed by atoms with Crippen LogP contribution in [0.3, 0.4) is 0 Å². The van der Waals surface area contributed by atoms with E-state index in [-0.39, 0.29) is 11.8 Å². The molecular formula is C16H19ClN2O3. The third-order valence-corrected chi connectivity index (χ3v) is 4.05. The number of amides is 2. The van der Waals surface area contributed by atoms with Crippen LogP contribution in [0.2, 0.25) is 5.02 Å². The Labute approximate surface area is 134 Å². The van der Waals surface area contributed by atoms with Crippen LogP contribution >= 0.6 is 11.6 Å². The zero-order valence-electron chi connectivity index (χ0n) is 12.5. The molecule has 1 heterocycles. The first-order valence-corrected chi connectivity index (χ1v) is 7.51. The number of halogens is 1.